The maximum Gasteiger partial charge on any atom is 0.419 e. The van der Waals surface area contributed by atoms with Crippen molar-refractivity contribution < 1.29 is 17.6 Å². The van der Waals surface area contributed by atoms with E-state index in [0.29, 0.717) is 49.5 Å². The van der Waals surface area contributed by atoms with Gasteiger partial charge >= 0.3 is 5.76 Å². The van der Waals surface area contributed by atoms with Gasteiger partial charge in [-0.1, -0.05) is 0 Å². The maximum atomic E-state index is 13.1. The average Bonchev–Trinajstić information content (AvgIpc) is 3.36. The molecule has 5 rings (SSSR count). The van der Waals surface area contributed by atoms with Crippen LogP contribution in [0.2, 0.25) is 0 Å². The van der Waals surface area contributed by atoms with Crippen LogP contribution >= 0.6 is 0 Å². The number of sulfonamides is 1. The first-order valence-electron chi connectivity index (χ1n) is 9.95. The Labute approximate surface area is 177 Å². The molecule has 1 aliphatic heterocycles. The quantitative estimate of drug-likeness (QED) is 0.461. The van der Waals surface area contributed by atoms with Crippen LogP contribution in [0.5, 0.6) is 5.88 Å². The van der Waals surface area contributed by atoms with Gasteiger partial charge in [-0.05, 0) is 43.0 Å². The van der Waals surface area contributed by atoms with Crippen LogP contribution < -0.4 is 10.5 Å². The molecule has 31 heavy (non-hydrogen) atoms. The lowest BCUT2D eigenvalue weighted by molar-refractivity contribution is 0.179. The number of piperidine rings is 1. The molecule has 4 heterocycles. The third-order valence-corrected chi connectivity index (χ3v) is 7.57. The van der Waals surface area contributed by atoms with Crippen molar-refractivity contribution in [2.45, 2.75) is 17.7 Å². The molecule has 1 aromatic carbocycles. The molecule has 0 radical (unpaired) electrons. The number of aromatic nitrogens is 4. The van der Waals surface area contributed by atoms with E-state index in [1.807, 2.05) is 6.07 Å². The Bertz CT molecular complexity index is 1410. The van der Waals surface area contributed by atoms with Crippen molar-refractivity contribution in [3.05, 3.63) is 53.3 Å². The topological polar surface area (TPSA) is 112 Å². The van der Waals surface area contributed by atoms with E-state index in [1.54, 1.807) is 30.0 Å². The van der Waals surface area contributed by atoms with Gasteiger partial charge < -0.3 is 9.15 Å². The molecule has 0 amide bonds. The van der Waals surface area contributed by atoms with Crippen molar-refractivity contribution in [3.63, 3.8) is 0 Å². The zero-order chi connectivity index (χ0) is 21.6. The van der Waals surface area contributed by atoms with Crippen LogP contribution in [-0.4, -0.2) is 51.6 Å². The van der Waals surface area contributed by atoms with E-state index in [-0.39, 0.29) is 10.8 Å². The highest BCUT2D eigenvalue weighted by atomic mass is 32.2. The molecule has 1 fully saturated rings. The predicted octanol–water partition coefficient (Wildman–Crippen LogP) is 1.65. The molecule has 0 unspecified atom stereocenters. The van der Waals surface area contributed by atoms with Gasteiger partial charge in [0.2, 0.25) is 15.9 Å². The maximum absolute atomic E-state index is 13.1. The van der Waals surface area contributed by atoms with Gasteiger partial charge in [0.05, 0.1) is 17.0 Å². The molecule has 0 atom stereocenters. The first-order chi connectivity index (χ1) is 14.9. The lowest BCUT2D eigenvalue weighted by Crippen LogP contribution is -2.39. The zero-order valence-corrected chi connectivity index (χ0v) is 17.7. The fourth-order valence-electron chi connectivity index (χ4n) is 3.81. The SMILES string of the molecule is Cn1c(=O)oc2ccc(S(=O)(=O)N3CCC(COc4ccc5nccn5n4)CC3)cc21. The van der Waals surface area contributed by atoms with Gasteiger partial charge in [-0.3, -0.25) is 4.57 Å². The second-order valence-electron chi connectivity index (χ2n) is 7.62. The number of fused-ring (bicyclic) bond motifs is 2. The molecule has 4 aromatic rings. The highest BCUT2D eigenvalue weighted by Crippen LogP contribution is 2.26. The van der Waals surface area contributed by atoms with E-state index in [2.05, 4.69) is 10.1 Å². The number of imidazole rings is 1. The minimum absolute atomic E-state index is 0.156. The van der Waals surface area contributed by atoms with Crippen LogP contribution in [0.1, 0.15) is 12.8 Å². The van der Waals surface area contributed by atoms with Crippen molar-refractivity contribution in [2.75, 3.05) is 19.7 Å². The number of benzene rings is 1. The second-order valence-corrected chi connectivity index (χ2v) is 9.55. The minimum atomic E-state index is -3.66. The summed E-state index contributed by atoms with van der Waals surface area (Å²) in [5, 5.41) is 4.34. The highest BCUT2D eigenvalue weighted by molar-refractivity contribution is 7.89. The third kappa shape index (κ3) is 3.59. The standard InChI is InChI=1S/C20H21N5O5S/c1-23-16-12-15(2-3-17(16)30-20(23)26)31(27,28)24-9-6-14(7-10-24)13-29-19-5-4-18-21-8-11-25(18)22-19/h2-5,8,11-12,14H,6-7,9-10,13H2,1H3. The zero-order valence-electron chi connectivity index (χ0n) is 16.8. The number of ether oxygens (including phenoxy) is 1. The van der Waals surface area contributed by atoms with E-state index >= 15 is 0 Å². The van der Waals surface area contributed by atoms with Crippen LogP contribution in [0.4, 0.5) is 0 Å². The Morgan fingerprint density at radius 3 is 2.81 bits per heavy atom. The van der Waals surface area contributed by atoms with Gasteiger partial charge in [0.1, 0.15) is 0 Å². The lowest BCUT2D eigenvalue weighted by Gasteiger charge is -2.31. The van der Waals surface area contributed by atoms with Crippen LogP contribution in [0.3, 0.4) is 0 Å². The first kappa shape index (κ1) is 19.8. The monoisotopic (exact) mass is 443 g/mol. The smallest absolute Gasteiger partial charge is 0.419 e. The number of hydrogen-bond acceptors (Lipinski definition) is 7. The summed E-state index contributed by atoms with van der Waals surface area (Å²) >= 11 is 0. The summed E-state index contributed by atoms with van der Waals surface area (Å²) in [6.45, 7) is 1.30. The summed E-state index contributed by atoms with van der Waals surface area (Å²) in [7, 11) is -2.11. The first-order valence-corrected chi connectivity index (χ1v) is 11.4. The van der Waals surface area contributed by atoms with Crippen molar-refractivity contribution in [1.82, 2.24) is 23.5 Å². The Morgan fingerprint density at radius 2 is 2.00 bits per heavy atom. The molecule has 3 aromatic heterocycles. The molecular weight excluding hydrogens is 422 g/mol. The molecule has 10 nitrogen and oxygen atoms in total. The Kier molecular flexibility index (Phi) is 4.78. The molecular formula is C20H21N5O5S. The summed E-state index contributed by atoms with van der Waals surface area (Å²) < 4.78 is 41.5. The van der Waals surface area contributed by atoms with E-state index in [9.17, 15) is 13.2 Å². The normalized spacial score (nSPS) is 16.3. The van der Waals surface area contributed by atoms with Crippen molar-refractivity contribution in [3.8, 4) is 5.88 Å². The number of oxazole rings is 1. The van der Waals surface area contributed by atoms with E-state index in [1.165, 1.54) is 27.1 Å². The van der Waals surface area contributed by atoms with E-state index in [4.69, 9.17) is 9.15 Å². The molecule has 1 saturated heterocycles. The summed E-state index contributed by atoms with van der Waals surface area (Å²) in [6, 6.07) is 8.11. The predicted molar refractivity (Wildman–Crippen MR) is 111 cm³/mol. The molecule has 0 bridgehead atoms. The molecule has 0 N–H and O–H groups in total. The van der Waals surface area contributed by atoms with Crippen LogP contribution in [-0.2, 0) is 17.1 Å². The highest BCUT2D eigenvalue weighted by Gasteiger charge is 2.30. The number of nitrogens with zero attached hydrogens (tertiary/aromatic N) is 5. The summed E-state index contributed by atoms with van der Waals surface area (Å²) in [6.07, 6.45) is 4.81. The molecule has 0 saturated carbocycles. The van der Waals surface area contributed by atoms with Gasteiger partial charge in [-0.25, -0.2) is 22.7 Å². The Hall–Kier alpha value is -3.18. The van der Waals surface area contributed by atoms with Gasteiger partial charge in [0.15, 0.2) is 11.2 Å². The third-order valence-electron chi connectivity index (χ3n) is 5.67. The summed E-state index contributed by atoms with van der Waals surface area (Å²) in [5.41, 5.74) is 1.57. The second kappa shape index (κ2) is 7.50. The van der Waals surface area contributed by atoms with Crippen LogP contribution in [0.25, 0.3) is 16.7 Å². The number of aryl methyl sites for hydroxylation is 1. The number of hydrogen-bond donors (Lipinski definition) is 0. The number of rotatable bonds is 5. The molecule has 1 aliphatic rings. The largest absolute Gasteiger partial charge is 0.476 e. The Balaban J connectivity index is 1.24. The van der Waals surface area contributed by atoms with E-state index in [0.717, 1.165) is 5.65 Å². The van der Waals surface area contributed by atoms with Crippen LogP contribution in [0.15, 0.2) is 56.8 Å². The average molecular weight is 443 g/mol. The van der Waals surface area contributed by atoms with Gasteiger partial charge in [-0.2, -0.15) is 4.31 Å². The van der Waals surface area contributed by atoms with Gasteiger partial charge in [-0.15, -0.1) is 5.10 Å². The molecule has 0 spiro atoms. The van der Waals surface area contributed by atoms with Crippen molar-refractivity contribution in [1.29, 1.82) is 0 Å². The van der Waals surface area contributed by atoms with Crippen molar-refractivity contribution >= 4 is 26.8 Å². The summed E-state index contributed by atoms with van der Waals surface area (Å²) in [4.78, 5) is 16.0. The Morgan fingerprint density at radius 1 is 1.19 bits per heavy atom. The fourth-order valence-corrected chi connectivity index (χ4v) is 5.30. The lowest BCUT2D eigenvalue weighted by atomic mass is 9.99. The minimum Gasteiger partial charge on any atom is -0.476 e. The summed E-state index contributed by atoms with van der Waals surface area (Å²) in [5.74, 6) is 0.232. The van der Waals surface area contributed by atoms with Gasteiger partial charge in [0, 0.05) is 38.6 Å². The van der Waals surface area contributed by atoms with E-state index < -0.39 is 15.8 Å². The molecule has 0 aliphatic carbocycles. The van der Waals surface area contributed by atoms with Crippen LogP contribution in [0, 0.1) is 5.92 Å². The fraction of sp³-hybridized carbons (Fsp3) is 0.350. The molecule has 162 valence electrons. The molecule has 11 heteroatoms. The van der Waals surface area contributed by atoms with Gasteiger partial charge in [0.25, 0.3) is 0 Å². The van der Waals surface area contributed by atoms with Crippen molar-refractivity contribution in [2.24, 2.45) is 13.0 Å².